The van der Waals surface area contributed by atoms with Crippen molar-refractivity contribution in [1.29, 1.82) is 0 Å². The van der Waals surface area contributed by atoms with Crippen LogP contribution in [0.1, 0.15) is 20.8 Å². The van der Waals surface area contributed by atoms with Crippen LogP contribution in [-0.2, 0) is 0 Å². The zero-order chi connectivity index (χ0) is 11.5. The quantitative estimate of drug-likeness (QED) is 0.759. The first-order valence-electron chi connectivity index (χ1n) is 4.96. The van der Waals surface area contributed by atoms with Crippen LogP contribution in [-0.4, -0.2) is 12.9 Å². The van der Waals surface area contributed by atoms with Gasteiger partial charge in [0.1, 0.15) is 5.75 Å². The number of ketones is 1. The minimum atomic E-state index is 0.0324. The largest absolute Gasteiger partial charge is 0.496 e. The molecule has 0 unspecified atom stereocenters. The molecule has 0 fully saturated rings. The van der Waals surface area contributed by atoms with Gasteiger partial charge in [0.2, 0.25) is 5.78 Å². The maximum atomic E-state index is 12.2. The molecule has 2 nitrogen and oxygen atoms in total. The van der Waals surface area contributed by atoms with Gasteiger partial charge in [-0.15, -0.1) is 11.3 Å². The van der Waals surface area contributed by atoms with Gasteiger partial charge in [0.25, 0.3) is 0 Å². The molecule has 0 saturated heterocycles. The summed E-state index contributed by atoms with van der Waals surface area (Å²) in [6, 6.07) is 9.25. The average molecular weight is 232 g/mol. The van der Waals surface area contributed by atoms with Crippen LogP contribution in [0.2, 0.25) is 0 Å². The number of hydrogen-bond donors (Lipinski definition) is 0. The number of para-hydroxylation sites is 1. The van der Waals surface area contributed by atoms with Gasteiger partial charge in [0.15, 0.2) is 0 Å². The van der Waals surface area contributed by atoms with E-state index < -0.39 is 0 Å². The number of ether oxygens (including phenoxy) is 1. The summed E-state index contributed by atoms with van der Waals surface area (Å²) in [6.07, 6.45) is 0. The topological polar surface area (TPSA) is 26.3 Å². The first kappa shape index (κ1) is 10.9. The Morgan fingerprint density at radius 2 is 2.00 bits per heavy atom. The molecule has 0 radical (unpaired) electrons. The van der Waals surface area contributed by atoms with Gasteiger partial charge in [0.05, 0.1) is 17.6 Å². The molecule has 0 atom stereocenters. The van der Waals surface area contributed by atoms with Crippen molar-refractivity contribution in [3.8, 4) is 5.75 Å². The molecule has 0 aliphatic heterocycles. The lowest BCUT2D eigenvalue weighted by molar-refractivity contribution is 0.103. The molecule has 2 aromatic rings. The van der Waals surface area contributed by atoms with E-state index in [-0.39, 0.29) is 5.78 Å². The predicted octanol–water partition coefficient (Wildman–Crippen LogP) is 3.30. The van der Waals surface area contributed by atoms with Crippen LogP contribution in [0.5, 0.6) is 5.75 Å². The number of carbonyl (C=O) groups is 1. The number of methoxy groups -OCH3 is 1. The number of carbonyl (C=O) groups excluding carboxylic acids is 1. The van der Waals surface area contributed by atoms with E-state index in [0.29, 0.717) is 11.3 Å². The zero-order valence-electron chi connectivity index (χ0n) is 9.19. The van der Waals surface area contributed by atoms with Gasteiger partial charge in [-0.2, -0.15) is 0 Å². The summed E-state index contributed by atoms with van der Waals surface area (Å²) in [5, 5.41) is 1.93. The van der Waals surface area contributed by atoms with Crippen LogP contribution < -0.4 is 4.74 Å². The Bertz CT molecular complexity index is 514. The number of rotatable bonds is 3. The van der Waals surface area contributed by atoms with E-state index >= 15 is 0 Å². The molecule has 1 heterocycles. The Labute approximate surface area is 98.5 Å². The van der Waals surface area contributed by atoms with E-state index in [1.54, 1.807) is 19.2 Å². The van der Waals surface area contributed by atoms with E-state index in [1.807, 2.05) is 30.5 Å². The van der Waals surface area contributed by atoms with Crippen molar-refractivity contribution >= 4 is 17.1 Å². The van der Waals surface area contributed by atoms with Crippen LogP contribution >= 0.6 is 11.3 Å². The maximum absolute atomic E-state index is 12.2. The van der Waals surface area contributed by atoms with Gasteiger partial charge in [-0.3, -0.25) is 4.79 Å². The fourth-order valence-corrected chi connectivity index (χ4v) is 2.44. The molecule has 0 aliphatic rings. The van der Waals surface area contributed by atoms with E-state index in [4.69, 9.17) is 4.74 Å². The summed E-state index contributed by atoms with van der Waals surface area (Å²) in [4.78, 5) is 13.0. The third-order valence-electron chi connectivity index (χ3n) is 2.42. The SMILES string of the molecule is COc1ccccc1C(=O)c1sccc1C. The predicted molar refractivity (Wildman–Crippen MR) is 65.5 cm³/mol. The Kier molecular flexibility index (Phi) is 3.06. The molecular weight excluding hydrogens is 220 g/mol. The first-order chi connectivity index (χ1) is 7.74. The molecule has 0 N–H and O–H groups in total. The molecule has 82 valence electrons. The molecule has 0 saturated carbocycles. The molecule has 0 amide bonds. The highest BCUT2D eigenvalue weighted by Gasteiger charge is 2.16. The third-order valence-corrected chi connectivity index (χ3v) is 3.44. The van der Waals surface area contributed by atoms with Crippen LogP contribution in [0.4, 0.5) is 0 Å². The van der Waals surface area contributed by atoms with Crippen LogP contribution in [0.25, 0.3) is 0 Å². The van der Waals surface area contributed by atoms with Gasteiger partial charge < -0.3 is 4.74 Å². The summed E-state index contributed by atoms with van der Waals surface area (Å²) >= 11 is 1.47. The number of benzene rings is 1. The fraction of sp³-hybridized carbons (Fsp3) is 0.154. The number of aryl methyl sites for hydroxylation is 1. The van der Waals surface area contributed by atoms with Crippen molar-refractivity contribution < 1.29 is 9.53 Å². The lowest BCUT2D eigenvalue weighted by atomic mass is 10.1. The van der Waals surface area contributed by atoms with Gasteiger partial charge in [-0.1, -0.05) is 12.1 Å². The van der Waals surface area contributed by atoms with Crippen LogP contribution in [0, 0.1) is 6.92 Å². The second-order valence-corrected chi connectivity index (χ2v) is 4.38. The molecule has 2 rings (SSSR count). The summed E-state index contributed by atoms with van der Waals surface area (Å²) < 4.78 is 5.19. The highest BCUT2D eigenvalue weighted by molar-refractivity contribution is 7.12. The van der Waals surface area contributed by atoms with Crippen molar-refractivity contribution in [2.45, 2.75) is 6.92 Å². The standard InChI is InChI=1S/C13H12O2S/c1-9-7-8-16-13(9)12(14)10-5-3-4-6-11(10)15-2/h3-8H,1-2H3. The van der Waals surface area contributed by atoms with Gasteiger partial charge in [-0.05, 0) is 36.1 Å². The highest BCUT2D eigenvalue weighted by Crippen LogP contribution is 2.25. The van der Waals surface area contributed by atoms with Crippen LogP contribution in [0.15, 0.2) is 35.7 Å². The van der Waals surface area contributed by atoms with Gasteiger partial charge >= 0.3 is 0 Å². The molecule has 0 aliphatic carbocycles. The van der Waals surface area contributed by atoms with E-state index in [2.05, 4.69) is 0 Å². The minimum Gasteiger partial charge on any atom is -0.496 e. The molecule has 16 heavy (non-hydrogen) atoms. The number of hydrogen-bond acceptors (Lipinski definition) is 3. The second-order valence-electron chi connectivity index (χ2n) is 3.46. The molecule has 1 aromatic heterocycles. The Morgan fingerprint density at radius 3 is 2.62 bits per heavy atom. The first-order valence-corrected chi connectivity index (χ1v) is 5.84. The third kappa shape index (κ3) is 1.86. The van der Waals surface area contributed by atoms with Gasteiger partial charge in [0, 0.05) is 0 Å². The molecule has 0 bridgehead atoms. The Hall–Kier alpha value is -1.61. The Balaban J connectivity index is 2.46. The maximum Gasteiger partial charge on any atom is 0.206 e. The van der Waals surface area contributed by atoms with E-state index in [0.717, 1.165) is 10.4 Å². The van der Waals surface area contributed by atoms with Crippen molar-refractivity contribution in [1.82, 2.24) is 0 Å². The normalized spacial score (nSPS) is 10.1. The summed E-state index contributed by atoms with van der Waals surface area (Å²) in [7, 11) is 1.58. The van der Waals surface area contributed by atoms with Crippen molar-refractivity contribution in [3.63, 3.8) is 0 Å². The van der Waals surface area contributed by atoms with Gasteiger partial charge in [-0.25, -0.2) is 0 Å². The monoisotopic (exact) mass is 232 g/mol. The highest BCUT2D eigenvalue weighted by atomic mass is 32.1. The molecule has 1 aromatic carbocycles. The van der Waals surface area contributed by atoms with E-state index in [9.17, 15) is 4.79 Å². The number of thiophene rings is 1. The zero-order valence-corrected chi connectivity index (χ0v) is 10.0. The summed E-state index contributed by atoms with van der Waals surface area (Å²) in [5.74, 6) is 0.658. The smallest absolute Gasteiger partial charge is 0.206 e. The second kappa shape index (κ2) is 4.49. The summed E-state index contributed by atoms with van der Waals surface area (Å²) in [6.45, 7) is 1.94. The molecule has 0 spiro atoms. The van der Waals surface area contributed by atoms with Crippen molar-refractivity contribution in [2.24, 2.45) is 0 Å². The van der Waals surface area contributed by atoms with Crippen LogP contribution in [0.3, 0.4) is 0 Å². The molecular formula is C13H12O2S. The average Bonchev–Trinajstić information content (AvgIpc) is 2.74. The lowest BCUT2D eigenvalue weighted by Gasteiger charge is -2.06. The Morgan fingerprint density at radius 1 is 1.25 bits per heavy atom. The van der Waals surface area contributed by atoms with E-state index in [1.165, 1.54) is 11.3 Å². The van der Waals surface area contributed by atoms with Crippen molar-refractivity contribution in [2.75, 3.05) is 7.11 Å². The van der Waals surface area contributed by atoms with Crippen molar-refractivity contribution in [3.05, 3.63) is 51.7 Å². The minimum absolute atomic E-state index is 0.0324. The lowest BCUT2D eigenvalue weighted by Crippen LogP contribution is -2.02. The molecule has 3 heteroatoms. The fourth-order valence-electron chi connectivity index (χ4n) is 1.56. The summed E-state index contributed by atoms with van der Waals surface area (Å²) in [5.41, 5.74) is 1.64.